The first-order chi connectivity index (χ1) is 19.1. The van der Waals surface area contributed by atoms with Gasteiger partial charge in [-0.2, -0.15) is 0 Å². The summed E-state index contributed by atoms with van der Waals surface area (Å²) in [5.74, 6) is 0.686. The summed E-state index contributed by atoms with van der Waals surface area (Å²) < 4.78 is 0. The Balaban J connectivity index is 0.000000334. The van der Waals surface area contributed by atoms with Gasteiger partial charge in [-0.15, -0.1) is 34.9 Å². The Morgan fingerprint density at radius 1 is 0.929 bits per heavy atom. The second-order valence-electron chi connectivity index (χ2n) is 13.0. The molecular weight excluding hydrogens is 695 g/mol. The molecule has 4 rings (SSSR count). The Hall–Kier alpha value is -2.81. The van der Waals surface area contributed by atoms with Crippen molar-refractivity contribution in [2.75, 3.05) is 0 Å². The van der Waals surface area contributed by atoms with E-state index in [0.717, 1.165) is 29.7 Å². The number of aromatic nitrogens is 1. The van der Waals surface area contributed by atoms with Crippen LogP contribution in [0.25, 0.3) is 32.8 Å². The molecule has 0 fully saturated rings. The SMILES string of the molecule is CCC(C)(C)C(=O)/C=C(\O)C(C)(C)CC.Cc1[c-]c(-c2ncc(C)c3ccc4c(C(C)C)cccc4c23)cc(C)c1.[Ir]. The molecule has 0 atom stereocenters. The van der Waals surface area contributed by atoms with E-state index in [-0.39, 0.29) is 42.5 Å². The van der Waals surface area contributed by atoms with Gasteiger partial charge in [-0.1, -0.05) is 99.6 Å². The maximum absolute atomic E-state index is 11.8. The van der Waals surface area contributed by atoms with Crippen LogP contribution < -0.4 is 0 Å². The van der Waals surface area contributed by atoms with Crippen molar-refractivity contribution in [2.24, 2.45) is 10.8 Å². The summed E-state index contributed by atoms with van der Waals surface area (Å²) in [4.78, 5) is 16.7. The van der Waals surface area contributed by atoms with Gasteiger partial charge in [0, 0.05) is 43.2 Å². The summed E-state index contributed by atoms with van der Waals surface area (Å²) in [6.45, 7) is 22.5. The van der Waals surface area contributed by atoms with Crippen molar-refractivity contribution in [2.45, 2.75) is 94.9 Å². The molecule has 0 saturated heterocycles. The van der Waals surface area contributed by atoms with E-state index in [2.05, 4.69) is 83.1 Å². The number of hydrogen-bond donors (Lipinski definition) is 1. The molecular formula is C38H48IrNO2-. The van der Waals surface area contributed by atoms with Crippen molar-refractivity contribution in [1.82, 2.24) is 4.98 Å². The third-order valence-corrected chi connectivity index (χ3v) is 8.57. The van der Waals surface area contributed by atoms with Gasteiger partial charge in [0.05, 0.1) is 0 Å². The maximum Gasteiger partial charge on any atom is 0.164 e. The van der Waals surface area contributed by atoms with Crippen molar-refractivity contribution >= 4 is 27.3 Å². The average Bonchev–Trinajstić information content (AvgIpc) is 2.92. The van der Waals surface area contributed by atoms with E-state index >= 15 is 0 Å². The van der Waals surface area contributed by atoms with Gasteiger partial charge in [0.1, 0.15) is 5.76 Å². The Kier molecular flexibility index (Phi) is 11.9. The number of carbonyl (C=O) groups excluding carboxylic acids is 1. The molecule has 0 saturated carbocycles. The fourth-order valence-electron chi connectivity index (χ4n) is 4.86. The predicted octanol–water partition coefficient (Wildman–Crippen LogP) is 10.8. The number of pyridine rings is 1. The monoisotopic (exact) mass is 743 g/mol. The second kappa shape index (κ2) is 14.1. The molecule has 0 bridgehead atoms. The van der Waals surface area contributed by atoms with E-state index < -0.39 is 0 Å². The number of aliphatic hydroxyl groups excluding tert-OH is 1. The van der Waals surface area contributed by atoms with Crippen LogP contribution in [0.5, 0.6) is 0 Å². The molecule has 0 spiro atoms. The van der Waals surface area contributed by atoms with Crippen molar-refractivity contribution < 1.29 is 30.0 Å². The molecule has 1 aromatic heterocycles. The first-order valence-corrected chi connectivity index (χ1v) is 14.9. The number of hydrogen-bond acceptors (Lipinski definition) is 3. The molecule has 42 heavy (non-hydrogen) atoms. The zero-order chi connectivity index (χ0) is 30.7. The van der Waals surface area contributed by atoms with Crippen LogP contribution in [0.3, 0.4) is 0 Å². The van der Waals surface area contributed by atoms with Crippen molar-refractivity contribution in [3.8, 4) is 11.3 Å². The first-order valence-electron chi connectivity index (χ1n) is 14.9. The number of nitrogens with zero attached hydrogens (tertiary/aromatic N) is 1. The van der Waals surface area contributed by atoms with E-state index in [9.17, 15) is 9.90 Å². The number of benzene rings is 3. The Labute approximate surface area is 267 Å². The van der Waals surface area contributed by atoms with E-state index in [1.165, 1.54) is 44.3 Å². The minimum Gasteiger partial charge on any atom is -0.512 e. The molecule has 1 radical (unpaired) electrons. The van der Waals surface area contributed by atoms with E-state index in [1.54, 1.807) is 0 Å². The molecule has 3 nitrogen and oxygen atoms in total. The molecule has 0 aliphatic heterocycles. The number of rotatable bonds is 7. The summed E-state index contributed by atoms with van der Waals surface area (Å²) >= 11 is 0. The number of aliphatic hydroxyl groups is 1. The van der Waals surface area contributed by atoms with Crippen LogP contribution in [0, 0.1) is 37.7 Å². The minimum atomic E-state index is -0.377. The maximum atomic E-state index is 11.8. The van der Waals surface area contributed by atoms with Gasteiger partial charge < -0.3 is 10.1 Å². The van der Waals surface area contributed by atoms with E-state index in [0.29, 0.717) is 5.92 Å². The fraction of sp³-hybridized carbons (Fsp3) is 0.421. The molecule has 1 N–H and O–H groups in total. The molecule has 4 heteroatoms. The summed E-state index contributed by atoms with van der Waals surface area (Å²) in [5, 5.41) is 15.0. The molecule has 0 aliphatic rings. The van der Waals surface area contributed by atoms with Crippen LogP contribution in [0.15, 0.2) is 60.5 Å². The van der Waals surface area contributed by atoms with Crippen molar-refractivity contribution in [3.63, 3.8) is 0 Å². The number of carbonyl (C=O) groups is 1. The standard InChI is InChI=1S/C25H24N.C13H24O2.Ir/c1-15(2)20-7-6-8-23-22(20)10-9-21-18(5)14-26-25(24(21)23)19-12-16(3)11-17(4)13-19;1-7-12(3,4)10(14)9-11(15)13(5,6)8-2;/h6-12,14-15H,1-5H3;9,14H,7-8H2,1-6H3;/q-1;;/b;10-9-;. The Morgan fingerprint density at radius 3 is 2.12 bits per heavy atom. The molecule has 0 unspecified atom stereocenters. The molecule has 1 heterocycles. The van der Waals surface area contributed by atoms with Gasteiger partial charge in [0.15, 0.2) is 5.78 Å². The predicted molar refractivity (Wildman–Crippen MR) is 176 cm³/mol. The fourth-order valence-corrected chi connectivity index (χ4v) is 4.86. The molecule has 4 aromatic rings. The topological polar surface area (TPSA) is 50.2 Å². The quantitative estimate of drug-likeness (QED) is 0.0888. The van der Waals surface area contributed by atoms with Crippen LogP contribution >= 0.6 is 0 Å². The first kappa shape index (κ1) is 35.4. The summed E-state index contributed by atoms with van der Waals surface area (Å²) in [5.41, 5.74) is 6.43. The molecule has 3 aromatic carbocycles. The van der Waals surface area contributed by atoms with E-state index in [4.69, 9.17) is 4.98 Å². The van der Waals surface area contributed by atoms with Gasteiger partial charge in [-0.3, -0.25) is 4.79 Å². The van der Waals surface area contributed by atoms with Crippen LogP contribution in [0.4, 0.5) is 0 Å². The summed E-state index contributed by atoms with van der Waals surface area (Å²) in [6.07, 6.45) is 4.98. The Morgan fingerprint density at radius 2 is 1.55 bits per heavy atom. The largest absolute Gasteiger partial charge is 0.512 e. The smallest absolute Gasteiger partial charge is 0.164 e. The van der Waals surface area contributed by atoms with Crippen LogP contribution in [-0.2, 0) is 24.9 Å². The Bertz CT molecular complexity index is 1570. The van der Waals surface area contributed by atoms with E-state index in [1.807, 2.05) is 47.7 Å². The molecule has 0 aliphatic carbocycles. The number of allylic oxidation sites excluding steroid dienone is 2. The minimum absolute atomic E-state index is 0. The third-order valence-electron chi connectivity index (χ3n) is 8.57. The van der Waals surface area contributed by atoms with Crippen LogP contribution in [0.2, 0.25) is 0 Å². The van der Waals surface area contributed by atoms with Crippen molar-refractivity contribution in [1.29, 1.82) is 0 Å². The van der Waals surface area contributed by atoms with Gasteiger partial charge in [-0.25, -0.2) is 0 Å². The number of fused-ring (bicyclic) bond motifs is 3. The normalized spacial score (nSPS) is 12.2. The number of aryl methyl sites for hydroxylation is 3. The zero-order valence-electron chi connectivity index (χ0n) is 27.3. The van der Waals surface area contributed by atoms with Gasteiger partial charge >= 0.3 is 0 Å². The average molecular weight is 743 g/mol. The zero-order valence-corrected chi connectivity index (χ0v) is 29.7. The van der Waals surface area contributed by atoms with Crippen LogP contribution in [-0.4, -0.2) is 15.9 Å². The molecule has 0 amide bonds. The van der Waals surface area contributed by atoms with Crippen LogP contribution in [0.1, 0.15) is 96.4 Å². The molecule has 227 valence electrons. The van der Waals surface area contributed by atoms with Gasteiger partial charge in [-0.05, 0) is 64.0 Å². The number of ketones is 1. The van der Waals surface area contributed by atoms with Crippen molar-refractivity contribution in [3.05, 3.63) is 88.8 Å². The van der Waals surface area contributed by atoms with Gasteiger partial charge in [0.2, 0.25) is 0 Å². The second-order valence-corrected chi connectivity index (χ2v) is 13.0. The van der Waals surface area contributed by atoms with Gasteiger partial charge in [0.25, 0.3) is 0 Å². The third kappa shape index (κ3) is 7.77. The summed E-state index contributed by atoms with van der Waals surface area (Å²) in [7, 11) is 0. The summed E-state index contributed by atoms with van der Waals surface area (Å²) in [6, 6.07) is 19.0.